The molecule has 2 unspecified atom stereocenters. The summed E-state index contributed by atoms with van der Waals surface area (Å²) < 4.78 is 5.51. The number of hydrogen-bond acceptors (Lipinski definition) is 4. The number of nitrogens with zero attached hydrogens (tertiary/aromatic N) is 2. The van der Waals surface area contributed by atoms with Gasteiger partial charge in [-0.05, 0) is 12.3 Å². The predicted molar refractivity (Wildman–Crippen MR) is 54.8 cm³/mol. The molecule has 0 spiro atoms. The zero-order valence-corrected chi connectivity index (χ0v) is 9.32. The molecule has 0 aliphatic rings. The fourth-order valence-electron chi connectivity index (χ4n) is 1.04. The molecule has 0 aromatic carbocycles. The molecule has 0 fully saturated rings. The molecule has 0 saturated carbocycles. The zero-order valence-electron chi connectivity index (χ0n) is 9.32. The lowest BCUT2D eigenvalue weighted by atomic mass is 9.98. The van der Waals surface area contributed by atoms with E-state index in [1.165, 1.54) is 0 Å². The summed E-state index contributed by atoms with van der Waals surface area (Å²) in [5.41, 5.74) is 5.79. The highest BCUT2D eigenvalue weighted by molar-refractivity contribution is 4.93. The first-order valence-corrected chi connectivity index (χ1v) is 5.15. The summed E-state index contributed by atoms with van der Waals surface area (Å²) in [6.45, 7) is 8.35. The summed E-state index contributed by atoms with van der Waals surface area (Å²) in [7, 11) is 0. The van der Waals surface area contributed by atoms with Gasteiger partial charge in [-0.15, -0.1) is 10.2 Å². The van der Waals surface area contributed by atoms with Gasteiger partial charge in [0, 0.05) is 5.92 Å². The van der Waals surface area contributed by atoms with Gasteiger partial charge in [0.2, 0.25) is 11.8 Å². The minimum Gasteiger partial charge on any atom is -0.423 e. The fourth-order valence-corrected chi connectivity index (χ4v) is 1.04. The van der Waals surface area contributed by atoms with E-state index in [4.69, 9.17) is 10.2 Å². The summed E-state index contributed by atoms with van der Waals surface area (Å²) in [4.78, 5) is 0. The molecule has 2 atom stereocenters. The Balaban J connectivity index is 2.77. The van der Waals surface area contributed by atoms with Crippen LogP contribution in [0, 0.1) is 5.92 Å². The van der Waals surface area contributed by atoms with E-state index in [1.807, 2.05) is 6.92 Å². The molecule has 1 aromatic rings. The van der Waals surface area contributed by atoms with Crippen LogP contribution in [0.4, 0.5) is 0 Å². The Hall–Kier alpha value is -0.900. The Morgan fingerprint density at radius 3 is 2.29 bits per heavy atom. The van der Waals surface area contributed by atoms with Gasteiger partial charge >= 0.3 is 0 Å². The highest BCUT2D eigenvalue weighted by atomic mass is 16.4. The van der Waals surface area contributed by atoms with Crippen LogP contribution in [0.15, 0.2) is 4.42 Å². The summed E-state index contributed by atoms with van der Waals surface area (Å²) in [5.74, 6) is 2.04. The molecule has 0 radical (unpaired) electrons. The quantitative estimate of drug-likeness (QED) is 0.803. The van der Waals surface area contributed by atoms with Gasteiger partial charge in [0.05, 0.1) is 6.04 Å². The van der Waals surface area contributed by atoms with Gasteiger partial charge in [-0.25, -0.2) is 0 Å². The van der Waals surface area contributed by atoms with Crippen LogP contribution in [0.2, 0.25) is 0 Å². The van der Waals surface area contributed by atoms with Crippen LogP contribution in [-0.2, 0) is 0 Å². The van der Waals surface area contributed by atoms with Crippen molar-refractivity contribution in [1.82, 2.24) is 10.2 Å². The van der Waals surface area contributed by atoms with Crippen LogP contribution in [0.5, 0.6) is 0 Å². The SMILES string of the molecule is CCC(N)c1nnc(C(C)C(C)C)o1. The predicted octanol–water partition coefficient (Wildman–Crippen LogP) is 2.24. The average molecular weight is 197 g/mol. The molecule has 2 N–H and O–H groups in total. The van der Waals surface area contributed by atoms with Crippen molar-refractivity contribution in [1.29, 1.82) is 0 Å². The van der Waals surface area contributed by atoms with Gasteiger partial charge in [-0.3, -0.25) is 0 Å². The normalized spacial score (nSPS) is 15.9. The number of hydrogen-bond donors (Lipinski definition) is 1. The maximum atomic E-state index is 5.79. The minimum absolute atomic E-state index is 0.129. The van der Waals surface area contributed by atoms with Crippen molar-refractivity contribution < 1.29 is 4.42 Å². The molecule has 0 saturated heterocycles. The van der Waals surface area contributed by atoms with Gasteiger partial charge in [0.15, 0.2) is 0 Å². The first kappa shape index (κ1) is 11.2. The van der Waals surface area contributed by atoms with Gasteiger partial charge < -0.3 is 10.2 Å². The van der Waals surface area contributed by atoms with Crippen molar-refractivity contribution in [3.63, 3.8) is 0 Å². The Labute approximate surface area is 84.9 Å². The van der Waals surface area contributed by atoms with E-state index in [9.17, 15) is 0 Å². The summed E-state index contributed by atoms with van der Waals surface area (Å²) >= 11 is 0. The first-order chi connectivity index (χ1) is 6.56. The topological polar surface area (TPSA) is 64.9 Å². The molecular weight excluding hydrogens is 178 g/mol. The summed E-state index contributed by atoms with van der Waals surface area (Å²) in [6, 6.07) is -0.129. The maximum absolute atomic E-state index is 5.79. The summed E-state index contributed by atoms with van der Waals surface area (Å²) in [6.07, 6.45) is 0.817. The van der Waals surface area contributed by atoms with Crippen molar-refractivity contribution in [2.45, 2.75) is 46.1 Å². The third-order valence-electron chi connectivity index (χ3n) is 2.60. The van der Waals surface area contributed by atoms with E-state index in [2.05, 4.69) is 31.0 Å². The second kappa shape index (κ2) is 4.55. The van der Waals surface area contributed by atoms with E-state index >= 15 is 0 Å². The van der Waals surface area contributed by atoms with Gasteiger partial charge in [0.25, 0.3) is 0 Å². The van der Waals surface area contributed by atoms with Crippen molar-refractivity contribution in [2.24, 2.45) is 11.7 Å². The lowest BCUT2D eigenvalue weighted by Crippen LogP contribution is -2.08. The van der Waals surface area contributed by atoms with E-state index in [0.717, 1.165) is 6.42 Å². The highest BCUT2D eigenvalue weighted by Gasteiger charge is 2.19. The van der Waals surface area contributed by atoms with Crippen LogP contribution >= 0.6 is 0 Å². The number of aromatic nitrogens is 2. The van der Waals surface area contributed by atoms with Crippen LogP contribution < -0.4 is 5.73 Å². The Bertz CT molecular complexity index is 283. The van der Waals surface area contributed by atoms with Crippen molar-refractivity contribution in [3.05, 3.63) is 11.8 Å². The Morgan fingerprint density at radius 2 is 1.79 bits per heavy atom. The highest BCUT2D eigenvalue weighted by Crippen LogP contribution is 2.23. The largest absolute Gasteiger partial charge is 0.423 e. The lowest BCUT2D eigenvalue weighted by Gasteiger charge is -2.09. The maximum Gasteiger partial charge on any atom is 0.233 e. The second-order valence-electron chi connectivity index (χ2n) is 4.03. The molecule has 1 heterocycles. The molecule has 0 bridgehead atoms. The molecule has 1 rings (SSSR count). The second-order valence-corrected chi connectivity index (χ2v) is 4.03. The minimum atomic E-state index is -0.129. The van der Waals surface area contributed by atoms with E-state index < -0.39 is 0 Å². The van der Waals surface area contributed by atoms with Gasteiger partial charge in [-0.2, -0.15) is 0 Å². The van der Waals surface area contributed by atoms with E-state index in [-0.39, 0.29) is 6.04 Å². The zero-order chi connectivity index (χ0) is 10.7. The van der Waals surface area contributed by atoms with Crippen molar-refractivity contribution in [3.8, 4) is 0 Å². The monoisotopic (exact) mass is 197 g/mol. The van der Waals surface area contributed by atoms with Crippen LogP contribution in [0.1, 0.15) is 57.9 Å². The smallest absolute Gasteiger partial charge is 0.233 e. The molecule has 0 amide bonds. The standard InChI is InChI=1S/C10H19N3O/c1-5-8(11)10-13-12-9(14-10)7(4)6(2)3/h6-8H,5,11H2,1-4H3. The van der Waals surface area contributed by atoms with Crippen LogP contribution in [0.25, 0.3) is 0 Å². The molecule has 0 aliphatic heterocycles. The van der Waals surface area contributed by atoms with E-state index in [1.54, 1.807) is 0 Å². The summed E-state index contributed by atoms with van der Waals surface area (Å²) in [5, 5.41) is 7.96. The first-order valence-electron chi connectivity index (χ1n) is 5.15. The molecule has 0 aliphatic carbocycles. The molecule has 4 heteroatoms. The average Bonchev–Trinajstić information content (AvgIpc) is 2.64. The lowest BCUT2D eigenvalue weighted by molar-refractivity contribution is 0.363. The van der Waals surface area contributed by atoms with Crippen LogP contribution in [0.3, 0.4) is 0 Å². The Kier molecular flexibility index (Phi) is 3.63. The molecule has 1 aromatic heterocycles. The van der Waals surface area contributed by atoms with Gasteiger partial charge in [-0.1, -0.05) is 27.7 Å². The molecule has 80 valence electrons. The number of nitrogens with two attached hydrogens (primary N) is 1. The number of rotatable bonds is 4. The third-order valence-corrected chi connectivity index (χ3v) is 2.60. The van der Waals surface area contributed by atoms with Crippen LogP contribution in [-0.4, -0.2) is 10.2 Å². The van der Waals surface area contributed by atoms with E-state index in [0.29, 0.717) is 23.6 Å². The van der Waals surface area contributed by atoms with Crippen molar-refractivity contribution >= 4 is 0 Å². The molecule has 14 heavy (non-hydrogen) atoms. The molecule has 4 nitrogen and oxygen atoms in total. The van der Waals surface area contributed by atoms with Crippen molar-refractivity contribution in [2.75, 3.05) is 0 Å². The third kappa shape index (κ3) is 2.32. The van der Waals surface area contributed by atoms with Gasteiger partial charge in [0.1, 0.15) is 0 Å². The Morgan fingerprint density at radius 1 is 1.21 bits per heavy atom. The fraction of sp³-hybridized carbons (Fsp3) is 0.800. The molecular formula is C10H19N3O.